The molecule has 2 atom stereocenters. The van der Waals surface area contributed by atoms with E-state index in [0.29, 0.717) is 29.4 Å². The molecule has 36 heavy (non-hydrogen) atoms. The summed E-state index contributed by atoms with van der Waals surface area (Å²) in [6.07, 6.45) is 11.2. The summed E-state index contributed by atoms with van der Waals surface area (Å²) in [6.45, 7) is 10.7. The van der Waals surface area contributed by atoms with Gasteiger partial charge in [0.2, 0.25) is 11.6 Å². The molecular weight excluding hydrogens is 459 g/mol. The summed E-state index contributed by atoms with van der Waals surface area (Å²) in [6, 6.07) is 3.83. The monoisotopic (exact) mass is 488 g/mol. The van der Waals surface area contributed by atoms with E-state index in [4.69, 9.17) is 6.57 Å². The third-order valence-electron chi connectivity index (χ3n) is 7.63. The molecule has 1 saturated carbocycles. The lowest BCUT2D eigenvalue weighted by atomic mass is 9.83. The van der Waals surface area contributed by atoms with Gasteiger partial charge >= 0.3 is 0 Å². The lowest BCUT2D eigenvalue weighted by molar-refractivity contribution is 0.0649. The van der Waals surface area contributed by atoms with Gasteiger partial charge in [-0.25, -0.2) is 23.9 Å². The van der Waals surface area contributed by atoms with Crippen molar-refractivity contribution in [2.45, 2.75) is 56.9 Å². The standard InChI is InChI=1S/C25H29FN10/c1-27-21-14-29-25(32-24(21)28-13-17-5-4-10-35-9-3-2-6-22(17)35)31-20-12-23(36-15-30-33-34-36)18(11-19(20)26)16-7-8-16/h11-12,14-17,22H,2-10,13H2,(H2,28,29,31,32)/t17-,22+/m0/s1. The Labute approximate surface area is 209 Å². The molecule has 0 radical (unpaired) electrons. The lowest BCUT2D eigenvalue weighted by Gasteiger charge is -2.44. The summed E-state index contributed by atoms with van der Waals surface area (Å²) in [5.74, 6) is 1.16. The van der Waals surface area contributed by atoms with Crippen LogP contribution in [0.15, 0.2) is 24.7 Å². The first-order chi connectivity index (χ1) is 17.7. The smallest absolute Gasteiger partial charge is 0.246 e. The van der Waals surface area contributed by atoms with Crippen LogP contribution < -0.4 is 10.6 Å². The minimum atomic E-state index is -0.388. The Morgan fingerprint density at radius 3 is 2.81 bits per heavy atom. The van der Waals surface area contributed by atoms with E-state index in [1.165, 1.54) is 57.7 Å². The third-order valence-corrected chi connectivity index (χ3v) is 7.63. The van der Waals surface area contributed by atoms with Crippen LogP contribution in [0, 0.1) is 18.3 Å². The van der Waals surface area contributed by atoms with Crippen molar-refractivity contribution in [1.82, 2.24) is 35.1 Å². The Bertz CT molecular complexity index is 1260. The summed E-state index contributed by atoms with van der Waals surface area (Å²) >= 11 is 0. The number of hydrogen-bond acceptors (Lipinski definition) is 8. The van der Waals surface area contributed by atoms with E-state index in [9.17, 15) is 0 Å². The molecule has 0 amide bonds. The molecule has 2 aliphatic heterocycles. The van der Waals surface area contributed by atoms with Crippen LogP contribution in [0.3, 0.4) is 0 Å². The number of rotatable bonds is 7. The largest absolute Gasteiger partial charge is 0.378 e. The number of hydrogen-bond donors (Lipinski definition) is 2. The van der Waals surface area contributed by atoms with Crippen LogP contribution in [0.2, 0.25) is 0 Å². The van der Waals surface area contributed by atoms with Gasteiger partial charge in [-0.1, -0.05) is 6.42 Å². The zero-order valence-electron chi connectivity index (χ0n) is 20.1. The Morgan fingerprint density at radius 1 is 1.11 bits per heavy atom. The minimum absolute atomic E-state index is 0.230. The highest BCUT2D eigenvalue weighted by molar-refractivity contribution is 5.68. The molecule has 0 spiro atoms. The summed E-state index contributed by atoms with van der Waals surface area (Å²) in [5.41, 5.74) is 2.21. The van der Waals surface area contributed by atoms with E-state index in [0.717, 1.165) is 30.6 Å². The van der Waals surface area contributed by atoms with Crippen LogP contribution in [0.25, 0.3) is 10.5 Å². The molecular formula is C25H29FN10. The van der Waals surface area contributed by atoms with Gasteiger partial charge in [-0.05, 0) is 91.6 Å². The van der Waals surface area contributed by atoms with Crippen LogP contribution in [0.4, 0.5) is 27.5 Å². The maximum atomic E-state index is 15.1. The fraction of sp³-hybridized carbons (Fsp3) is 0.520. The second kappa shape index (κ2) is 9.78. The molecule has 0 bridgehead atoms. The first-order valence-electron chi connectivity index (χ1n) is 12.8. The molecule has 10 nitrogen and oxygen atoms in total. The van der Waals surface area contributed by atoms with Crippen LogP contribution >= 0.6 is 0 Å². The van der Waals surface area contributed by atoms with Gasteiger partial charge in [0.05, 0.1) is 17.9 Å². The van der Waals surface area contributed by atoms with Crippen molar-refractivity contribution in [2.75, 3.05) is 30.3 Å². The van der Waals surface area contributed by atoms with Crippen molar-refractivity contribution in [2.24, 2.45) is 5.92 Å². The molecule has 0 unspecified atom stereocenters. The normalized spacial score (nSPS) is 22.0. The Morgan fingerprint density at radius 2 is 2.00 bits per heavy atom. The number of piperidine rings is 2. The molecule has 2 N–H and O–H groups in total. The van der Waals surface area contributed by atoms with E-state index in [1.54, 1.807) is 16.8 Å². The molecule has 6 rings (SSSR count). The topological polar surface area (TPSA) is 101 Å². The van der Waals surface area contributed by atoms with E-state index >= 15 is 4.39 Å². The van der Waals surface area contributed by atoms with Gasteiger partial charge in [-0.3, -0.25) is 0 Å². The average molecular weight is 489 g/mol. The molecule has 3 aliphatic rings. The molecule has 2 aromatic heterocycles. The number of anilines is 3. The van der Waals surface area contributed by atoms with Gasteiger partial charge in [-0.15, -0.1) is 5.10 Å². The zero-order chi connectivity index (χ0) is 24.5. The van der Waals surface area contributed by atoms with Crippen LogP contribution in [-0.4, -0.2) is 60.8 Å². The van der Waals surface area contributed by atoms with E-state index in [-0.39, 0.29) is 17.5 Å². The van der Waals surface area contributed by atoms with E-state index in [1.807, 2.05) is 0 Å². The van der Waals surface area contributed by atoms with Gasteiger partial charge in [-0.2, -0.15) is 0 Å². The van der Waals surface area contributed by atoms with Gasteiger partial charge in [0.1, 0.15) is 18.0 Å². The highest BCUT2D eigenvalue weighted by Gasteiger charge is 2.33. The molecule has 186 valence electrons. The number of nitrogens with zero attached hydrogens (tertiary/aromatic N) is 8. The Kier molecular flexibility index (Phi) is 6.19. The predicted octanol–water partition coefficient (Wildman–Crippen LogP) is 4.44. The van der Waals surface area contributed by atoms with Gasteiger partial charge < -0.3 is 15.5 Å². The van der Waals surface area contributed by atoms with Gasteiger partial charge in [0.25, 0.3) is 0 Å². The maximum absolute atomic E-state index is 15.1. The number of nitrogens with one attached hydrogen (secondary N) is 2. The summed E-state index contributed by atoms with van der Waals surface area (Å²) < 4.78 is 16.6. The molecule has 3 aromatic rings. The lowest BCUT2D eigenvalue weighted by Crippen LogP contribution is -2.49. The van der Waals surface area contributed by atoms with Crippen molar-refractivity contribution in [3.8, 4) is 5.69 Å². The van der Waals surface area contributed by atoms with Crippen LogP contribution in [0.1, 0.15) is 56.4 Å². The fourth-order valence-corrected chi connectivity index (χ4v) is 5.68. The number of aromatic nitrogens is 6. The molecule has 1 aromatic carbocycles. The van der Waals surface area contributed by atoms with Crippen molar-refractivity contribution < 1.29 is 4.39 Å². The first-order valence-corrected chi connectivity index (χ1v) is 12.8. The quantitative estimate of drug-likeness (QED) is 0.471. The molecule has 11 heteroatoms. The number of fused-ring (bicyclic) bond motifs is 1. The van der Waals surface area contributed by atoms with Gasteiger partial charge in [0, 0.05) is 18.8 Å². The maximum Gasteiger partial charge on any atom is 0.246 e. The SMILES string of the molecule is [C-]#[N+]c1cnc(Nc2cc(-n3cnnn3)c(C3CC3)cc2F)nc1NC[C@@H]1CCCN2CCCC[C@H]12. The van der Waals surface area contributed by atoms with Crippen LogP contribution in [0.5, 0.6) is 0 Å². The summed E-state index contributed by atoms with van der Waals surface area (Å²) in [4.78, 5) is 15.0. The van der Waals surface area contributed by atoms with Crippen molar-refractivity contribution in [3.63, 3.8) is 0 Å². The number of tetrazole rings is 1. The first kappa shape index (κ1) is 22.8. The Balaban J connectivity index is 1.23. The second-order valence-electron chi connectivity index (χ2n) is 9.97. The predicted molar refractivity (Wildman–Crippen MR) is 133 cm³/mol. The van der Waals surface area contributed by atoms with Crippen molar-refractivity contribution in [3.05, 3.63) is 47.5 Å². The van der Waals surface area contributed by atoms with Crippen molar-refractivity contribution in [1.29, 1.82) is 0 Å². The zero-order valence-corrected chi connectivity index (χ0v) is 20.1. The van der Waals surface area contributed by atoms with E-state index < -0.39 is 0 Å². The molecule has 4 heterocycles. The second-order valence-corrected chi connectivity index (χ2v) is 9.97. The van der Waals surface area contributed by atoms with Crippen molar-refractivity contribution >= 4 is 23.1 Å². The molecule has 3 fully saturated rings. The summed E-state index contributed by atoms with van der Waals surface area (Å²) in [5, 5.41) is 17.9. The number of benzene rings is 1. The third kappa shape index (κ3) is 4.60. The highest BCUT2D eigenvalue weighted by atomic mass is 19.1. The molecule has 2 saturated heterocycles. The fourth-order valence-electron chi connectivity index (χ4n) is 5.68. The minimum Gasteiger partial charge on any atom is -0.378 e. The van der Waals surface area contributed by atoms with E-state index in [2.05, 4.69) is 45.9 Å². The Hall–Kier alpha value is -3.65. The molecule has 1 aliphatic carbocycles. The van der Waals surface area contributed by atoms with Gasteiger partial charge in [0.15, 0.2) is 0 Å². The summed E-state index contributed by atoms with van der Waals surface area (Å²) in [7, 11) is 0. The number of halogens is 1. The average Bonchev–Trinajstić information content (AvgIpc) is 3.62. The van der Waals surface area contributed by atoms with Crippen LogP contribution in [-0.2, 0) is 0 Å². The highest BCUT2D eigenvalue weighted by Crippen LogP contribution is 2.44.